The maximum atomic E-state index is 6.18. The fraction of sp³-hybridized carbons (Fsp3) is 0.385. The van der Waals surface area contributed by atoms with Gasteiger partial charge in [0.05, 0.1) is 0 Å². The predicted octanol–water partition coefficient (Wildman–Crippen LogP) is 3.39. The van der Waals surface area contributed by atoms with Crippen molar-refractivity contribution < 1.29 is 0 Å². The normalized spacial score (nSPS) is 18.1. The van der Waals surface area contributed by atoms with Gasteiger partial charge in [-0.1, -0.05) is 48.9 Å². The Hall–Kier alpha value is -0.790. The van der Waals surface area contributed by atoms with Crippen LogP contribution in [0.15, 0.2) is 35.9 Å². The van der Waals surface area contributed by atoms with E-state index in [1.807, 2.05) is 6.07 Å². The monoisotopic (exact) mass is 223 g/mol. The number of benzene rings is 1. The molecule has 1 fully saturated rings. The molecule has 0 unspecified atom stereocenters. The van der Waals surface area contributed by atoms with E-state index in [9.17, 15) is 0 Å². The van der Waals surface area contributed by atoms with Crippen LogP contribution in [-0.4, -0.2) is 5.54 Å². The number of rotatable bonds is 3. The summed E-state index contributed by atoms with van der Waals surface area (Å²) in [5, 5.41) is 0. The maximum absolute atomic E-state index is 6.18. The van der Waals surface area contributed by atoms with Crippen molar-refractivity contribution >= 4 is 18.5 Å². The number of hydrogen-bond donors (Lipinski definition) is 1. The third-order valence-corrected chi connectivity index (χ3v) is 2.95. The minimum absolute atomic E-state index is 0. The zero-order valence-corrected chi connectivity index (χ0v) is 9.89. The lowest BCUT2D eigenvalue weighted by Crippen LogP contribution is -2.23. The number of nitrogens with two attached hydrogens (primary N) is 1. The van der Waals surface area contributed by atoms with E-state index in [0.717, 1.165) is 19.3 Å². The summed E-state index contributed by atoms with van der Waals surface area (Å²) in [6.45, 7) is 2.18. The Bertz CT molecular complexity index is 339. The van der Waals surface area contributed by atoms with Crippen molar-refractivity contribution in [2.24, 2.45) is 5.73 Å². The van der Waals surface area contributed by atoms with Gasteiger partial charge >= 0.3 is 0 Å². The first-order valence-electron chi connectivity index (χ1n) is 5.29. The molecule has 0 radical (unpaired) electrons. The van der Waals surface area contributed by atoms with E-state index in [2.05, 4.69) is 37.3 Å². The fourth-order valence-corrected chi connectivity index (χ4v) is 1.80. The summed E-state index contributed by atoms with van der Waals surface area (Å²) in [4.78, 5) is 0. The summed E-state index contributed by atoms with van der Waals surface area (Å²) >= 11 is 0. The van der Waals surface area contributed by atoms with E-state index in [0.29, 0.717) is 0 Å². The van der Waals surface area contributed by atoms with E-state index < -0.39 is 0 Å². The molecule has 15 heavy (non-hydrogen) atoms. The lowest BCUT2D eigenvalue weighted by molar-refractivity contribution is 0.761. The van der Waals surface area contributed by atoms with Gasteiger partial charge in [0, 0.05) is 5.54 Å². The zero-order chi connectivity index (χ0) is 10.0. The third kappa shape index (κ3) is 2.83. The molecule has 1 aliphatic rings. The average molecular weight is 224 g/mol. The summed E-state index contributed by atoms with van der Waals surface area (Å²) in [6, 6.07) is 10.4. The van der Waals surface area contributed by atoms with Gasteiger partial charge in [-0.15, -0.1) is 12.4 Å². The molecule has 1 nitrogen and oxygen atoms in total. The minimum atomic E-state index is 0. The van der Waals surface area contributed by atoms with Crippen LogP contribution in [0.2, 0.25) is 0 Å². The van der Waals surface area contributed by atoms with Crippen LogP contribution in [0.1, 0.15) is 31.7 Å². The van der Waals surface area contributed by atoms with Crippen LogP contribution in [-0.2, 0) is 0 Å². The first-order chi connectivity index (χ1) is 6.74. The Kier molecular flexibility index (Phi) is 3.95. The van der Waals surface area contributed by atoms with Gasteiger partial charge in [-0.3, -0.25) is 0 Å². The van der Waals surface area contributed by atoms with Crippen molar-refractivity contribution in [3.63, 3.8) is 0 Å². The maximum Gasteiger partial charge on any atom is 0.0373 e. The SMILES string of the molecule is CC/C(=C\c1ccccc1)C1(N)CC1.Cl. The van der Waals surface area contributed by atoms with Gasteiger partial charge in [0.25, 0.3) is 0 Å². The van der Waals surface area contributed by atoms with Crippen molar-refractivity contribution in [1.82, 2.24) is 0 Å². The second kappa shape index (κ2) is 4.82. The van der Waals surface area contributed by atoms with Crippen molar-refractivity contribution in [2.45, 2.75) is 31.7 Å². The van der Waals surface area contributed by atoms with Gasteiger partial charge < -0.3 is 5.73 Å². The molecule has 1 aromatic rings. The molecular weight excluding hydrogens is 206 g/mol. The van der Waals surface area contributed by atoms with Crippen molar-refractivity contribution in [3.05, 3.63) is 41.5 Å². The molecule has 2 rings (SSSR count). The Morgan fingerprint density at radius 1 is 1.33 bits per heavy atom. The summed E-state index contributed by atoms with van der Waals surface area (Å²) in [5.41, 5.74) is 8.87. The Labute approximate surface area is 97.8 Å². The van der Waals surface area contributed by atoms with E-state index in [1.54, 1.807) is 0 Å². The topological polar surface area (TPSA) is 26.0 Å². The van der Waals surface area contributed by atoms with Gasteiger partial charge in [0.2, 0.25) is 0 Å². The van der Waals surface area contributed by atoms with Gasteiger partial charge in [-0.25, -0.2) is 0 Å². The van der Waals surface area contributed by atoms with Crippen LogP contribution >= 0.6 is 12.4 Å². The summed E-state index contributed by atoms with van der Waals surface area (Å²) < 4.78 is 0. The molecule has 0 aliphatic heterocycles. The quantitative estimate of drug-likeness (QED) is 0.835. The van der Waals surface area contributed by atoms with Crippen LogP contribution in [0.5, 0.6) is 0 Å². The van der Waals surface area contributed by atoms with Gasteiger partial charge in [-0.2, -0.15) is 0 Å². The fourth-order valence-electron chi connectivity index (χ4n) is 1.80. The Morgan fingerprint density at radius 3 is 2.40 bits per heavy atom. The molecule has 0 amide bonds. The third-order valence-electron chi connectivity index (χ3n) is 2.95. The summed E-state index contributed by atoms with van der Waals surface area (Å²) in [5.74, 6) is 0. The molecule has 2 N–H and O–H groups in total. The zero-order valence-electron chi connectivity index (χ0n) is 9.07. The van der Waals surface area contributed by atoms with Gasteiger partial charge in [0.15, 0.2) is 0 Å². The molecule has 2 heteroatoms. The number of halogens is 1. The highest BCUT2D eigenvalue weighted by Crippen LogP contribution is 2.41. The molecule has 1 aromatic carbocycles. The first-order valence-corrected chi connectivity index (χ1v) is 5.29. The minimum Gasteiger partial charge on any atom is -0.322 e. The predicted molar refractivity (Wildman–Crippen MR) is 68.1 cm³/mol. The lowest BCUT2D eigenvalue weighted by Gasteiger charge is -2.12. The highest BCUT2D eigenvalue weighted by molar-refractivity contribution is 5.85. The summed E-state index contributed by atoms with van der Waals surface area (Å²) in [7, 11) is 0. The van der Waals surface area contributed by atoms with Crippen LogP contribution < -0.4 is 5.73 Å². The van der Waals surface area contributed by atoms with Gasteiger partial charge in [0.1, 0.15) is 0 Å². The molecule has 1 saturated carbocycles. The number of hydrogen-bond acceptors (Lipinski definition) is 1. The molecule has 0 spiro atoms. The molecule has 0 heterocycles. The van der Waals surface area contributed by atoms with E-state index in [4.69, 9.17) is 5.73 Å². The first kappa shape index (κ1) is 12.3. The molecule has 1 aliphatic carbocycles. The smallest absolute Gasteiger partial charge is 0.0373 e. The van der Waals surface area contributed by atoms with Crippen molar-refractivity contribution in [3.8, 4) is 0 Å². The van der Waals surface area contributed by atoms with E-state index in [-0.39, 0.29) is 17.9 Å². The molecule has 82 valence electrons. The van der Waals surface area contributed by atoms with Crippen LogP contribution in [0.3, 0.4) is 0 Å². The van der Waals surface area contributed by atoms with E-state index in [1.165, 1.54) is 11.1 Å². The molecule has 0 bridgehead atoms. The molecule has 0 aromatic heterocycles. The molecule has 0 saturated heterocycles. The van der Waals surface area contributed by atoms with Gasteiger partial charge in [-0.05, 0) is 24.8 Å². The Balaban J connectivity index is 0.00000112. The van der Waals surface area contributed by atoms with Crippen LogP contribution in [0.4, 0.5) is 0 Å². The highest BCUT2D eigenvalue weighted by atomic mass is 35.5. The Morgan fingerprint density at radius 2 is 1.93 bits per heavy atom. The lowest BCUT2D eigenvalue weighted by atomic mass is 10.00. The largest absolute Gasteiger partial charge is 0.322 e. The van der Waals surface area contributed by atoms with Crippen molar-refractivity contribution in [2.75, 3.05) is 0 Å². The summed E-state index contributed by atoms with van der Waals surface area (Å²) in [6.07, 6.45) is 5.61. The second-order valence-corrected chi connectivity index (χ2v) is 4.09. The van der Waals surface area contributed by atoms with Crippen LogP contribution in [0.25, 0.3) is 6.08 Å². The average Bonchev–Trinajstić information content (AvgIpc) is 2.95. The van der Waals surface area contributed by atoms with E-state index >= 15 is 0 Å². The second-order valence-electron chi connectivity index (χ2n) is 4.09. The highest BCUT2D eigenvalue weighted by Gasteiger charge is 2.40. The molecular formula is C13H18ClN. The van der Waals surface area contributed by atoms with Crippen LogP contribution in [0, 0.1) is 0 Å². The van der Waals surface area contributed by atoms with Crippen molar-refractivity contribution in [1.29, 1.82) is 0 Å². The standard InChI is InChI=1S/C13H17N.ClH/c1-2-12(13(14)8-9-13)10-11-6-4-3-5-7-11;/h3-7,10H,2,8-9,14H2,1H3;1H/b12-10+;. The molecule has 0 atom stereocenters.